The van der Waals surface area contributed by atoms with Gasteiger partial charge in [-0.15, -0.1) is 0 Å². The summed E-state index contributed by atoms with van der Waals surface area (Å²) in [5, 5.41) is 3.19. The number of benzene rings is 1. The van der Waals surface area contributed by atoms with Gasteiger partial charge in [0.15, 0.2) is 0 Å². The quantitative estimate of drug-likeness (QED) is 0.735. The predicted octanol–water partition coefficient (Wildman–Crippen LogP) is 2.57. The Labute approximate surface area is 85.3 Å². The Morgan fingerprint density at radius 1 is 1.29 bits per heavy atom. The predicted molar refractivity (Wildman–Crippen MR) is 58.2 cm³/mol. The number of rotatable bonds is 6. The SMILES string of the molecule is CCC(Cc1ccccc1)NCCF. The zero-order valence-corrected chi connectivity index (χ0v) is 8.67. The first-order chi connectivity index (χ1) is 6.86. The smallest absolute Gasteiger partial charge is 0.102 e. The molecule has 0 aliphatic heterocycles. The Kier molecular flexibility index (Phi) is 5.23. The van der Waals surface area contributed by atoms with E-state index < -0.39 is 0 Å². The average molecular weight is 195 g/mol. The molecule has 0 bridgehead atoms. The monoisotopic (exact) mass is 195 g/mol. The van der Waals surface area contributed by atoms with Crippen molar-refractivity contribution in [2.24, 2.45) is 0 Å². The van der Waals surface area contributed by atoms with Gasteiger partial charge in [-0.3, -0.25) is 0 Å². The lowest BCUT2D eigenvalue weighted by molar-refractivity contribution is 0.421. The van der Waals surface area contributed by atoms with E-state index in [9.17, 15) is 4.39 Å². The van der Waals surface area contributed by atoms with E-state index in [2.05, 4.69) is 24.4 Å². The van der Waals surface area contributed by atoms with Gasteiger partial charge in [0.1, 0.15) is 6.67 Å². The number of hydrogen-bond donors (Lipinski definition) is 1. The summed E-state index contributed by atoms with van der Waals surface area (Å²) in [7, 11) is 0. The lowest BCUT2D eigenvalue weighted by atomic mass is 10.0. The van der Waals surface area contributed by atoms with Crippen molar-refractivity contribution in [2.45, 2.75) is 25.8 Å². The Hall–Kier alpha value is -0.890. The van der Waals surface area contributed by atoms with Crippen LogP contribution in [-0.2, 0) is 6.42 Å². The van der Waals surface area contributed by atoms with Crippen molar-refractivity contribution in [3.63, 3.8) is 0 Å². The number of nitrogens with one attached hydrogen (secondary N) is 1. The first-order valence-corrected chi connectivity index (χ1v) is 5.20. The van der Waals surface area contributed by atoms with Crippen LogP contribution < -0.4 is 5.32 Å². The van der Waals surface area contributed by atoms with E-state index in [0.29, 0.717) is 12.6 Å². The second-order valence-corrected chi connectivity index (χ2v) is 3.44. The van der Waals surface area contributed by atoms with Crippen LogP contribution in [0.25, 0.3) is 0 Å². The minimum Gasteiger partial charge on any atom is -0.311 e. The molecule has 1 nitrogen and oxygen atoms in total. The second kappa shape index (κ2) is 6.55. The first-order valence-electron chi connectivity index (χ1n) is 5.20. The van der Waals surface area contributed by atoms with Gasteiger partial charge in [-0.2, -0.15) is 0 Å². The standard InChI is InChI=1S/C12H18FN/c1-2-12(14-9-8-13)10-11-6-4-3-5-7-11/h3-7,12,14H,2,8-10H2,1H3. The lowest BCUT2D eigenvalue weighted by Crippen LogP contribution is -2.32. The molecule has 0 spiro atoms. The molecule has 0 radical (unpaired) electrons. The maximum atomic E-state index is 12.0. The van der Waals surface area contributed by atoms with Gasteiger partial charge < -0.3 is 5.32 Å². The Morgan fingerprint density at radius 3 is 2.57 bits per heavy atom. The van der Waals surface area contributed by atoms with Crippen LogP contribution in [0.4, 0.5) is 4.39 Å². The van der Waals surface area contributed by atoms with Crippen molar-refractivity contribution in [2.75, 3.05) is 13.2 Å². The topological polar surface area (TPSA) is 12.0 Å². The van der Waals surface area contributed by atoms with Gasteiger partial charge in [-0.25, -0.2) is 4.39 Å². The van der Waals surface area contributed by atoms with E-state index in [0.717, 1.165) is 12.8 Å². The minimum absolute atomic E-state index is 0.286. The summed E-state index contributed by atoms with van der Waals surface area (Å²) < 4.78 is 12.0. The third kappa shape index (κ3) is 3.88. The summed E-state index contributed by atoms with van der Waals surface area (Å²) in [6.07, 6.45) is 2.02. The highest BCUT2D eigenvalue weighted by atomic mass is 19.1. The van der Waals surface area contributed by atoms with Crippen LogP contribution in [0.1, 0.15) is 18.9 Å². The molecule has 0 saturated heterocycles. The Balaban J connectivity index is 2.40. The maximum Gasteiger partial charge on any atom is 0.102 e. The summed E-state index contributed by atoms with van der Waals surface area (Å²) in [5.74, 6) is 0. The lowest BCUT2D eigenvalue weighted by Gasteiger charge is -2.15. The van der Waals surface area contributed by atoms with Crippen molar-refractivity contribution >= 4 is 0 Å². The van der Waals surface area contributed by atoms with Crippen LogP contribution in [0.2, 0.25) is 0 Å². The molecule has 0 aromatic heterocycles. The molecule has 0 aliphatic rings. The second-order valence-electron chi connectivity index (χ2n) is 3.44. The highest BCUT2D eigenvalue weighted by Crippen LogP contribution is 2.05. The van der Waals surface area contributed by atoms with Gasteiger partial charge in [0.2, 0.25) is 0 Å². The third-order valence-electron chi connectivity index (χ3n) is 2.35. The molecule has 1 unspecified atom stereocenters. The van der Waals surface area contributed by atoms with Crippen LogP contribution in [0, 0.1) is 0 Å². The molecule has 1 N–H and O–H groups in total. The van der Waals surface area contributed by atoms with E-state index in [1.54, 1.807) is 0 Å². The van der Waals surface area contributed by atoms with Gasteiger partial charge >= 0.3 is 0 Å². The van der Waals surface area contributed by atoms with Gasteiger partial charge in [0, 0.05) is 12.6 Å². The van der Waals surface area contributed by atoms with E-state index in [4.69, 9.17) is 0 Å². The molecule has 0 heterocycles. The highest BCUT2D eigenvalue weighted by molar-refractivity contribution is 5.15. The fraction of sp³-hybridized carbons (Fsp3) is 0.500. The fourth-order valence-electron chi connectivity index (χ4n) is 1.52. The van der Waals surface area contributed by atoms with Crippen molar-refractivity contribution in [3.05, 3.63) is 35.9 Å². The number of alkyl halides is 1. The molecular formula is C12H18FN. The van der Waals surface area contributed by atoms with Gasteiger partial charge in [-0.1, -0.05) is 37.3 Å². The maximum absolute atomic E-state index is 12.0. The number of hydrogen-bond acceptors (Lipinski definition) is 1. The third-order valence-corrected chi connectivity index (χ3v) is 2.35. The largest absolute Gasteiger partial charge is 0.311 e. The summed E-state index contributed by atoms with van der Waals surface area (Å²) in [4.78, 5) is 0. The zero-order chi connectivity index (χ0) is 10.2. The van der Waals surface area contributed by atoms with Gasteiger partial charge in [0.05, 0.1) is 0 Å². The summed E-state index contributed by atoms with van der Waals surface area (Å²) >= 11 is 0. The molecule has 0 amide bonds. The summed E-state index contributed by atoms with van der Waals surface area (Å²) in [6.45, 7) is 2.30. The van der Waals surface area contributed by atoms with Crippen molar-refractivity contribution in [3.8, 4) is 0 Å². The minimum atomic E-state index is -0.286. The van der Waals surface area contributed by atoms with E-state index in [1.165, 1.54) is 5.56 Å². The van der Waals surface area contributed by atoms with Crippen LogP contribution in [0.15, 0.2) is 30.3 Å². The molecular weight excluding hydrogens is 177 g/mol. The van der Waals surface area contributed by atoms with Crippen molar-refractivity contribution in [1.82, 2.24) is 5.32 Å². The van der Waals surface area contributed by atoms with Crippen LogP contribution >= 0.6 is 0 Å². The molecule has 14 heavy (non-hydrogen) atoms. The molecule has 0 aliphatic carbocycles. The number of halogens is 1. The van der Waals surface area contributed by atoms with E-state index in [-0.39, 0.29) is 6.67 Å². The van der Waals surface area contributed by atoms with Crippen LogP contribution in [0.3, 0.4) is 0 Å². The molecule has 78 valence electrons. The van der Waals surface area contributed by atoms with E-state index >= 15 is 0 Å². The Bertz CT molecular complexity index is 235. The van der Waals surface area contributed by atoms with Crippen molar-refractivity contribution in [1.29, 1.82) is 0 Å². The van der Waals surface area contributed by atoms with E-state index in [1.807, 2.05) is 18.2 Å². The van der Waals surface area contributed by atoms with Crippen molar-refractivity contribution < 1.29 is 4.39 Å². The van der Waals surface area contributed by atoms with Gasteiger partial charge in [-0.05, 0) is 18.4 Å². The molecule has 1 aromatic rings. The Morgan fingerprint density at radius 2 is 2.00 bits per heavy atom. The molecule has 1 rings (SSSR count). The first kappa shape index (κ1) is 11.2. The van der Waals surface area contributed by atoms with Crippen LogP contribution in [0.5, 0.6) is 0 Å². The van der Waals surface area contributed by atoms with Crippen LogP contribution in [-0.4, -0.2) is 19.3 Å². The molecule has 2 heteroatoms. The summed E-state index contributed by atoms with van der Waals surface area (Å²) in [6, 6.07) is 10.7. The fourth-order valence-corrected chi connectivity index (χ4v) is 1.52. The highest BCUT2D eigenvalue weighted by Gasteiger charge is 2.05. The summed E-state index contributed by atoms with van der Waals surface area (Å²) in [5.41, 5.74) is 1.31. The normalized spacial score (nSPS) is 12.7. The molecule has 0 saturated carbocycles. The molecule has 1 aromatic carbocycles. The molecule has 1 atom stereocenters. The van der Waals surface area contributed by atoms with Gasteiger partial charge in [0.25, 0.3) is 0 Å². The average Bonchev–Trinajstić information content (AvgIpc) is 2.25. The zero-order valence-electron chi connectivity index (χ0n) is 8.67. The molecule has 0 fully saturated rings.